The molecule has 6 nitrogen and oxygen atoms in total. The summed E-state index contributed by atoms with van der Waals surface area (Å²) in [5, 5.41) is 15.8. The fraction of sp³-hybridized carbons (Fsp3) is 0.133. The summed E-state index contributed by atoms with van der Waals surface area (Å²) in [7, 11) is 0. The summed E-state index contributed by atoms with van der Waals surface area (Å²) in [5.74, 6) is -2.27. The molecule has 0 aliphatic rings. The molecule has 0 aliphatic heterocycles. The van der Waals surface area contributed by atoms with Crippen LogP contribution in [0.2, 0.25) is 0 Å². The van der Waals surface area contributed by atoms with E-state index in [1.165, 1.54) is 25.1 Å². The van der Waals surface area contributed by atoms with Crippen molar-refractivity contribution in [2.75, 3.05) is 10.6 Å². The predicted molar refractivity (Wildman–Crippen MR) is 81.1 cm³/mol. The number of rotatable bonds is 5. The highest BCUT2D eigenvalue weighted by Gasteiger charge is 2.14. The summed E-state index contributed by atoms with van der Waals surface area (Å²) in [5.41, 5.74) is -0.0100. The van der Waals surface area contributed by atoms with Crippen LogP contribution < -0.4 is 10.6 Å². The van der Waals surface area contributed by atoms with Gasteiger partial charge in [-0.15, -0.1) is 0 Å². The Morgan fingerprint density at radius 2 is 1.83 bits per heavy atom. The highest BCUT2D eigenvalue weighted by atomic mass is 19.1. The number of nitrogens with zero attached hydrogens (tertiary/aromatic N) is 1. The molecule has 0 aliphatic carbocycles. The average molecular weight is 321 g/mol. The van der Waals surface area contributed by atoms with Crippen LogP contribution in [0.5, 0.6) is 0 Å². The molecule has 0 heterocycles. The zero-order chi connectivity index (χ0) is 17.0. The Morgan fingerprint density at radius 1 is 1.17 bits per heavy atom. The van der Waals surface area contributed by atoms with Crippen LogP contribution in [-0.2, 0) is 11.3 Å². The summed E-state index contributed by atoms with van der Waals surface area (Å²) in [6.45, 7) is 1.17. The first-order valence-electron chi connectivity index (χ1n) is 6.61. The zero-order valence-electron chi connectivity index (χ0n) is 12.1. The second-order valence-corrected chi connectivity index (χ2v) is 4.73. The number of para-hydroxylation sites is 1. The highest BCUT2D eigenvalue weighted by molar-refractivity contribution is 5.89. The van der Waals surface area contributed by atoms with E-state index >= 15 is 0 Å². The van der Waals surface area contributed by atoms with Gasteiger partial charge in [0.2, 0.25) is 5.91 Å². The number of hydrogen-bond donors (Lipinski definition) is 2. The van der Waals surface area contributed by atoms with Gasteiger partial charge in [-0.1, -0.05) is 18.2 Å². The number of benzene rings is 2. The van der Waals surface area contributed by atoms with E-state index in [0.717, 1.165) is 6.07 Å². The second-order valence-electron chi connectivity index (χ2n) is 4.73. The Bertz CT molecular complexity index is 766. The van der Waals surface area contributed by atoms with Gasteiger partial charge < -0.3 is 10.6 Å². The summed E-state index contributed by atoms with van der Waals surface area (Å²) >= 11 is 0. The summed E-state index contributed by atoms with van der Waals surface area (Å²) < 4.78 is 27.3. The maximum Gasteiger partial charge on any atom is 0.274 e. The molecule has 8 heteroatoms. The van der Waals surface area contributed by atoms with E-state index in [9.17, 15) is 23.7 Å². The molecular formula is C15H13F2N3O3. The molecule has 2 aromatic rings. The van der Waals surface area contributed by atoms with E-state index in [1.54, 1.807) is 6.07 Å². The fourth-order valence-corrected chi connectivity index (χ4v) is 2.00. The van der Waals surface area contributed by atoms with Gasteiger partial charge in [0.1, 0.15) is 11.6 Å². The molecule has 0 saturated heterocycles. The van der Waals surface area contributed by atoms with Crippen molar-refractivity contribution in [3.8, 4) is 0 Å². The van der Waals surface area contributed by atoms with Crippen molar-refractivity contribution in [1.29, 1.82) is 0 Å². The summed E-state index contributed by atoms with van der Waals surface area (Å²) in [6.07, 6.45) is 0. The van der Waals surface area contributed by atoms with Crippen molar-refractivity contribution in [2.45, 2.75) is 13.5 Å². The monoisotopic (exact) mass is 321 g/mol. The van der Waals surface area contributed by atoms with Crippen LogP contribution in [0.4, 0.5) is 25.8 Å². The van der Waals surface area contributed by atoms with Crippen LogP contribution in [0, 0.1) is 21.7 Å². The van der Waals surface area contributed by atoms with Gasteiger partial charge in [-0.25, -0.2) is 8.78 Å². The number of hydrogen-bond acceptors (Lipinski definition) is 4. The van der Waals surface area contributed by atoms with Crippen molar-refractivity contribution in [2.24, 2.45) is 0 Å². The highest BCUT2D eigenvalue weighted by Crippen LogP contribution is 2.25. The molecule has 0 spiro atoms. The van der Waals surface area contributed by atoms with Crippen LogP contribution in [0.3, 0.4) is 0 Å². The number of amides is 1. The Kier molecular flexibility index (Phi) is 4.85. The van der Waals surface area contributed by atoms with Gasteiger partial charge in [-0.3, -0.25) is 14.9 Å². The fourth-order valence-electron chi connectivity index (χ4n) is 2.00. The van der Waals surface area contributed by atoms with E-state index in [2.05, 4.69) is 10.6 Å². The number of halogens is 2. The topological polar surface area (TPSA) is 84.3 Å². The first kappa shape index (κ1) is 16.3. The van der Waals surface area contributed by atoms with Gasteiger partial charge >= 0.3 is 0 Å². The van der Waals surface area contributed by atoms with Crippen molar-refractivity contribution in [3.05, 3.63) is 63.7 Å². The average Bonchev–Trinajstić information content (AvgIpc) is 2.48. The lowest BCUT2D eigenvalue weighted by Crippen LogP contribution is -2.10. The number of carbonyl (C=O) groups excluding carboxylic acids is 1. The van der Waals surface area contributed by atoms with E-state index in [-0.39, 0.29) is 23.6 Å². The molecule has 0 atom stereocenters. The molecule has 0 aromatic heterocycles. The Labute approximate surface area is 130 Å². The van der Waals surface area contributed by atoms with Gasteiger partial charge in [0.05, 0.1) is 16.3 Å². The van der Waals surface area contributed by atoms with Gasteiger partial charge in [0, 0.05) is 31.2 Å². The lowest BCUT2D eigenvalue weighted by Gasteiger charge is -2.11. The molecule has 2 N–H and O–H groups in total. The Balaban J connectivity index is 2.24. The van der Waals surface area contributed by atoms with E-state index in [4.69, 9.17) is 0 Å². The third-order valence-corrected chi connectivity index (χ3v) is 3.03. The molecule has 0 fully saturated rings. The van der Waals surface area contributed by atoms with Gasteiger partial charge in [0.25, 0.3) is 5.69 Å². The maximum atomic E-state index is 13.8. The molecule has 0 unspecified atom stereocenters. The summed E-state index contributed by atoms with van der Waals surface area (Å²) in [4.78, 5) is 21.4. The van der Waals surface area contributed by atoms with E-state index < -0.39 is 22.5 Å². The predicted octanol–water partition coefficient (Wildman–Crippen LogP) is 3.44. The molecule has 2 aromatic carbocycles. The number of carbonyl (C=O) groups is 1. The van der Waals surface area contributed by atoms with Crippen molar-refractivity contribution >= 4 is 23.0 Å². The molecule has 23 heavy (non-hydrogen) atoms. The van der Waals surface area contributed by atoms with Gasteiger partial charge in [-0.05, 0) is 6.07 Å². The minimum Gasteiger partial charge on any atom is -0.378 e. The van der Waals surface area contributed by atoms with Crippen LogP contribution in [0.15, 0.2) is 36.4 Å². The largest absolute Gasteiger partial charge is 0.378 e. The smallest absolute Gasteiger partial charge is 0.274 e. The lowest BCUT2D eigenvalue weighted by atomic mass is 10.1. The van der Waals surface area contributed by atoms with E-state index in [1.807, 2.05) is 0 Å². The van der Waals surface area contributed by atoms with Crippen molar-refractivity contribution in [3.63, 3.8) is 0 Å². The molecule has 2 rings (SSSR count). The normalized spacial score (nSPS) is 10.2. The standard InChI is InChI=1S/C15H13F2N3O3/c1-9(21)19-14-7-13(11(16)6-12(14)17)18-8-10-4-2-3-5-15(10)20(22)23/h2-7,18H,8H2,1H3,(H,19,21). The first-order chi connectivity index (χ1) is 10.9. The quantitative estimate of drug-likeness (QED) is 0.652. The molecule has 1 amide bonds. The van der Waals surface area contributed by atoms with Crippen LogP contribution in [0.25, 0.3) is 0 Å². The van der Waals surface area contributed by atoms with Gasteiger partial charge in [-0.2, -0.15) is 0 Å². The third-order valence-electron chi connectivity index (χ3n) is 3.03. The second kappa shape index (κ2) is 6.82. The molecule has 0 radical (unpaired) electrons. The van der Waals surface area contributed by atoms with Gasteiger partial charge in [0.15, 0.2) is 0 Å². The SMILES string of the molecule is CC(=O)Nc1cc(NCc2ccccc2[N+](=O)[O-])c(F)cc1F. The Hall–Kier alpha value is -3.03. The molecule has 120 valence electrons. The molecule has 0 saturated carbocycles. The number of anilines is 2. The van der Waals surface area contributed by atoms with E-state index in [0.29, 0.717) is 11.6 Å². The zero-order valence-corrected chi connectivity index (χ0v) is 12.1. The Morgan fingerprint density at radius 3 is 2.48 bits per heavy atom. The van der Waals surface area contributed by atoms with Crippen molar-refractivity contribution in [1.82, 2.24) is 0 Å². The minimum absolute atomic E-state index is 0.0286. The lowest BCUT2D eigenvalue weighted by molar-refractivity contribution is -0.385. The number of nitro groups is 1. The maximum absolute atomic E-state index is 13.8. The number of nitrogens with one attached hydrogen (secondary N) is 2. The first-order valence-corrected chi connectivity index (χ1v) is 6.61. The van der Waals surface area contributed by atoms with Crippen LogP contribution >= 0.6 is 0 Å². The molecular weight excluding hydrogens is 308 g/mol. The van der Waals surface area contributed by atoms with Crippen LogP contribution in [-0.4, -0.2) is 10.8 Å². The van der Waals surface area contributed by atoms with Crippen molar-refractivity contribution < 1.29 is 18.5 Å². The minimum atomic E-state index is -0.908. The van der Waals surface area contributed by atoms with Crippen LogP contribution in [0.1, 0.15) is 12.5 Å². The third kappa shape index (κ3) is 4.00. The molecule has 0 bridgehead atoms. The summed E-state index contributed by atoms with van der Waals surface area (Å²) in [6, 6.07) is 7.73. The number of nitro benzene ring substituents is 1.